The normalized spacial score (nSPS) is 16.7. The third kappa shape index (κ3) is 6.10. The zero-order valence-electron chi connectivity index (χ0n) is 14.1. The molecule has 0 unspecified atom stereocenters. The van der Waals surface area contributed by atoms with Gasteiger partial charge in [0.15, 0.2) is 0 Å². The van der Waals surface area contributed by atoms with Crippen molar-refractivity contribution in [2.45, 2.75) is 57.8 Å². The Kier molecular flexibility index (Phi) is 6.71. The molecule has 0 bridgehead atoms. The van der Waals surface area contributed by atoms with Crippen LogP contribution in [0.25, 0.3) is 0 Å². The molecule has 0 aliphatic heterocycles. The van der Waals surface area contributed by atoms with E-state index in [0.717, 1.165) is 24.2 Å². The monoisotopic (exact) mass is 320 g/mol. The van der Waals surface area contributed by atoms with Crippen LogP contribution in [-0.4, -0.2) is 41.8 Å². The quantitative estimate of drug-likeness (QED) is 0.847. The maximum atomic E-state index is 11.9. The van der Waals surface area contributed by atoms with E-state index in [1.807, 2.05) is 24.3 Å². The summed E-state index contributed by atoms with van der Waals surface area (Å²) < 4.78 is 6.05. The second-order valence-corrected chi connectivity index (χ2v) is 6.41. The van der Waals surface area contributed by atoms with Crippen LogP contribution in [0.4, 0.5) is 4.79 Å². The number of ether oxygens (including phenoxy) is 1. The lowest BCUT2D eigenvalue weighted by Crippen LogP contribution is -2.40. The largest absolute Gasteiger partial charge is 0.490 e. The molecule has 2 amide bonds. The first kappa shape index (κ1) is 17.6. The fraction of sp³-hybridized carbons (Fsp3) is 0.611. The number of hydrogen-bond donors (Lipinski definition) is 2. The van der Waals surface area contributed by atoms with Gasteiger partial charge in [-0.25, -0.2) is 4.79 Å². The van der Waals surface area contributed by atoms with E-state index in [2.05, 4.69) is 5.32 Å². The minimum absolute atomic E-state index is 0.190. The number of urea groups is 1. The van der Waals surface area contributed by atoms with E-state index < -0.39 is 6.10 Å². The summed E-state index contributed by atoms with van der Waals surface area (Å²) in [7, 11) is 1.67. The predicted molar refractivity (Wildman–Crippen MR) is 90.5 cm³/mol. The van der Waals surface area contributed by atoms with Crippen LogP contribution < -0.4 is 10.1 Å². The molecule has 1 aliphatic carbocycles. The van der Waals surface area contributed by atoms with E-state index in [1.54, 1.807) is 14.0 Å². The smallest absolute Gasteiger partial charge is 0.317 e. The lowest BCUT2D eigenvalue weighted by Gasteiger charge is -2.23. The maximum Gasteiger partial charge on any atom is 0.317 e. The number of nitrogens with one attached hydrogen (secondary N) is 1. The van der Waals surface area contributed by atoms with Crippen molar-refractivity contribution in [3.05, 3.63) is 29.8 Å². The molecule has 128 valence electrons. The Balaban J connectivity index is 1.83. The van der Waals surface area contributed by atoms with Crippen LogP contribution in [0.5, 0.6) is 5.75 Å². The van der Waals surface area contributed by atoms with E-state index in [9.17, 15) is 9.90 Å². The molecule has 5 nitrogen and oxygen atoms in total. The molecule has 0 heterocycles. The second kappa shape index (κ2) is 8.77. The summed E-state index contributed by atoms with van der Waals surface area (Å²) in [5.41, 5.74) is 1.01. The van der Waals surface area contributed by atoms with E-state index in [1.165, 1.54) is 24.2 Å². The minimum atomic E-state index is -0.530. The number of amides is 2. The van der Waals surface area contributed by atoms with Gasteiger partial charge < -0.3 is 20.1 Å². The number of nitrogens with zero attached hydrogens (tertiary/aromatic N) is 1. The number of aliphatic hydroxyl groups is 1. The molecule has 23 heavy (non-hydrogen) atoms. The number of aliphatic hydroxyl groups excluding tert-OH is 1. The van der Waals surface area contributed by atoms with Crippen molar-refractivity contribution in [1.82, 2.24) is 10.2 Å². The van der Waals surface area contributed by atoms with Gasteiger partial charge in [0.05, 0.1) is 12.2 Å². The van der Waals surface area contributed by atoms with Crippen LogP contribution in [0.1, 0.15) is 44.6 Å². The highest BCUT2D eigenvalue weighted by Crippen LogP contribution is 2.23. The molecule has 5 heteroatoms. The van der Waals surface area contributed by atoms with Gasteiger partial charge in [-0.3, -0.25) is 0 Å². The minimum Gasteiger partial charge on any atom is -0.490 e. The van der Waals surface area contributed by atoms with Crippen molar-refractivity contribution in [2.75, 3.05) is 13.6 Å². The average molecular weight is 320 g/mol. The van der Waals surface area contributed by atoms with Crippen LogP contribution in [0.3, 0.4) is 0 Å². The Bertz CT molecular complexity index is 499. The second-order valence-electron chi connectivity index (χ2n) is 6.41. The SMILES string of the molecule is C[C@@H](O)CN(C)C(=O)NCc1cccc(OC2CCCCC2)c1. The number of hydrogen-bond acceptors (Lipinski definition) is 3. The average Bonchev–Trinajstić information content (AvgIpc) is 2.53. The standard InChI is InChI=1S/C18H28N2O3/c1-14(21)13-20(2)18(22)19-12-15-7-6-10-17(11-15)23-16-8-4-3-5-9-16/h6-7,10-11,14,16,21H,3-5,8-9,12-13H2,1-2H3,(H,19,22)/t14-/m1/s1. The fourth-order valence-corrected chi connectivity index (χ4v) is 2.90. The van der Waals surface area contributed by atoms with Gasteiger partial charge in [0, 0.05) is 20.1 Å². The van der Waals surface area contributed by atoms with Crippen molar-refractivity contribution in [2.24, 2.45) is 0 Å². The first-order valence-electron chi connectivity index (χ1n) is 8.47. The Hall–Kier alpha value is -1.75. The van der Waals surface area contributed by atoms with Crippen molar-refractivity contribution >= 4 is 6.03 Å². The molecular weight excluding hydrogens is 292 g/mol. The van der Waals surface area contributed by atoms with Crippen molar-refractivity contribution in [1.29, 1.82) is 0 Å². The number of benzene rings is 1. The first-order valence-corrected chi connectivity index (χ1v) is 8.47. The Morgan fingerprint density at radius 1 is 1.39 bits per heavy atom. The first-order chi connectivity index (χ1) is 11.0. The summed E-state index contributed by atoms with van der Waals surface area (Å²) in [6.07, 6.45) is 5.86. The van der Waals surface area contributed by atoms with Crippen LogP contribution >= 0.6 is 0 Å². The summed E-state index contributed by atoms with van der Waals surface area (Å²) in [6, 6.07) is 7.70. The Labute approximate surface area is 138 Å². The number of rotatable bonds is 6. The molecule has 1 saturated carbocycles. The fourth-order valence-electron chi connectivity index (χ4n) is 2.90. The topological polar surface area (TPSA) is 61.8 Å². The number of likely N-dealkylation sites (N-methyl/N-ethyl adjacent to an activating group) is 1. The molecule has 1 atom stereocenters. The van der Waals surface area contributed by atoms with Crippen LogP contribution in [0.2, 0.25) is 0 Å². The van der Waals surface area contributed by atoms with Gasteiger partial charge in [0.1, 0.15) is 5.75 Å². The Morgan fingerprint density at radius 2 is 2.13 bits per heavy atom. The van der Waals surface area contributed by atoms with Gasteiger partial charge in [-0.05, 0) is 50.3 Å². The van der Waals surface area contributed by atoms with E-state index in [4.69, 9.17) is 4.74 Å². The van der Waals surface area contributed by atoms with E-state index in [-0.39, 0.29) is 6.03 Å². The van der Waals surface area contributed by atoms with E-state index in [0.29, 0.717) is 19.2 Å². The molecule has 0 spiro atoms. The van der Waals surface area contributed by atoms with Crippen molar-refractivity contribution in [3.8, 4) is 5.75 Å². The molecule has 1 aromatic rings. The zero-order valence-corrected chi connectivity index (χ0v) is 14.1. The maximum absolute atomic E-state index is 11.9. The van der Waals surface area contributed by atoms with Crippen LogP contribution in [0, 0.1) is 0 Å². The highest BCUT2D eigenvalue weighted by molar-refractivity contribution is 5.73. The molecule has 2 rings (SSSR count). The molecule has 2 N–H and O–H groups in total. The Morgan fingerprint density at radius 3 is 2.83 bits per heavy atom. The van der Waals surface area contributed by atoms with Gasteiger partial charge in [-0.1, -0.05) is 18.6 Å². The van der Waals surface area contributed by atoms with Gasteiger partial charge in [0.25, 0.3) is 0 Å². The molecule has 0 radical (unpaired) electrons. The van der Waals surface area contributed by atoms with Crippen molar-refractivity contribution < 1.29 is 14.6 Å². The molecular formula is C18H28N2O3. The van der Waals surface area contributed by atoms with Gasteiger partial charge in [-0.2, -0.15) is 0 Å². The lowest BCUT2D eigenvalue weighted by molar-refractivity contribution is 0.143. The van der Waals surface area contributed by atoms with Crippen LogP contribution in [-0.2, 0) is 6.54 Å². The molecule has 1 fully saturated rings. The summed E-state index contributed by atoms with van der Waals surface area (Å²) in [4.78, 5) is 13.4. The summed E-state index contributed by atoms with van der Waals surface area (Å²) in [6.45, 7) is 2.43. The molecule has 0 saturated heterocycles. The summed E-state index contributed by atoms with van der Waals surface area (Å²) in [5.74, 6) is 0.876. The number of carbonyl (C=O) groups excluding carboxylic acids is 1. The van der Waals surface area contributed by atoms with E-state index >= 15 is 0 Å². The number of carbonyl (C=O) groups is 1. The van der Waals surface area contributed by atoms with Crippen molar-refractivity contribution in [3.63, 3.8) is 0 Å². The van der Waals surface area contributed by atoms with Crippen LogP contribution in [0.15, 0.2) is 24.3 Å². The highest BCUT2D eigenvalue weighted by Gasteiger charge is 2.15. The summed E-state index contributed by atoms with van der Waals surface area (Å²) in [5, 5.41) is 12.2. The van der Waals surface area contributed by atoms with Gasteiger partial charge in [0.2, 0.25) is 0 Å². The highest BCUT2D eigenvalue weighted by atomic mass is 16.5. The zero-order chi connectivity index (χ0) is 16.7. The third-order valence-electron chi connectivity index (χ3n) is 4.08. The molecule has 1 aromatic carbocycles. The molecule has 1 aliphatic rings. The van der Waals surface area contributed by atoms with Gasteiger partial charge in [-0.15, -0.1) is 0 Å². The molecule has 0 aromatic heterocycles. The van der Waals surface area contributed by atoms with Gasteiger partial charge >= 0.3 is 6.03 Å². The predicted octanol–water partition coefficient (Wildman–Crippen LogP) is 2.92. The summed E-state index contributed by atoms with van der Waals surface area (Å²) >= 11 is 0. The lowest BCUT2D eigenvalue weighted by atomic mass is 9.98. The third-order valence-corrected chi connectivity index (χ3v) is 4.08.